The first-order valence-electron chi connectivity index (χ1n) is 10.2. The van der Waals surface area contributed by atoms with E-state index in [2.05, 4.69) is 0 Å². The molecule has 0 N–H and O–H groups in total. The number of esters is 1. The third kappa shape index (κ3) is 4.24. The fourth-order valence-corrected chi connectivity index (χ4v) is 5.06. The Hall–Kier alpha value is -4.51. The number of hydrogen-bond acceptors (Lipinski definition) is 8. The summed E-state index contributed by atoms with van der Waals surface area (Å²) >= 11 is 0. The van der Waals surface area contributed by atoms with E-state index in [4.69, 9.17) is 9.15 Å². The fraction of sp³-hybridized carbons (Fsp3) is 0.0833. The minimum atomic E-state index is -4.63. The van der Waals surface area contributed by atoms with Gasteiger partial charge < -0.3 is 9.15 Å². The van der Waals surface area contributed by atoms with Gasteiger partial charge in [-0.15, -0.1) is 0 Å². The van der Waals surface area contributed by atoms with E-state index in [0.717, 1.165) is 18.2 Å². The zero-order valence-corrected chi connectivity index (χ0v) is 19.3. The van der Waals surface area contributed by atoms with E-state index in [1.54, 1.807) is 25.1 Å². The molecule has 3 aromatic carbocycles. The van der Waals surface area contributed by atoms with Crippen molar-refractivity contribution in [1.82, 2.24) is 0 Å². The average Bonchev–Trinajstić information content (AvgIpc) is 3.19. The van der Waals surface area contributed by atoms with Crippen molar-refractivity contribution in [3.05, 3.63) is 99.8 Å². The number of sulfonamides is 1. The number of methoxy groups -OCH3 is 1. The van der Waals surface area contributed by atoms with Crippen LogP contribution >= 0.6 is 0 Å². The zero-order chi connectivity index (χ0) is 25.3. The van der Waals surface area contributed by atoms with Crippen LogP contribution in [-0.2, 0) is 14.8 Å². The number of aryl methyl sites for hydroxylation is 1. The Balaban J connectivity index is 1.96. The van der Waals surface area contributed by atoms with Crippen molar-refractivity contribution in [2.24, 2.45) is 0 Å². The van der Waals surface area contributed by atoms with Gasteiger partial charge in [0.1, 0.15) is 16.9 Å². The van der Waals surface area contributed by atoms with Gasteiger partial charge in [-0.05, 0) is 43.3 Å². The number of nitro groups is 1. The summed E-state index contributed by atoms with van der Waals surface area (Å²) in [7, 11) is -3.43. The Bertz CT molecular complexity index is 1580. The number of ether oxygens (including phenoxy) is 1. The number of benzene rings is 3. The predicted molar refractivity (Wildman–Crippen MR) is 126 cm³/mol. The lowest BCUT2D eigenvalue weighted by molar-refractivity contribution is -0.385. The molecule has 0 fully saturated rings. The number of nitrogens with zero attached hydrogens (tertiary/aromatic N) is 2. The van der Waals surface area contributed by atoms with E-state index in [9.17, 15) is 28.1 Å². The van der Waals surface area contributed by atoms with Crippen molar-refractivity contribution in [3.8, 4) is 0 Å². The molecule has 0 aliphatic rings. The summed E-state index contributed by atoms with van der Waals surface area (Å²) in [5.74, 6) is -1.33. The first-order chi connectivity index (χ1) is 16.6. The van der Waals surface area contributed by atoms with Gasteiger partial charge in [0.15, 0.2) is 0 Å². The topological polar surface area (TPSA) is 137 Å². The molecule has 178 valence electrons. The second kappa shape index (κ2) is 9.03. The lowest BCUT2D eigenvalue weighted by atomic mass is 10.1. The van der Waals surface area contributed by atoms with Crippen molar-refractivity contribution >= 4 is 44.2 Å². The minimum absolute atomic E-state index is 0.0677. The lowest BCUT2D eigenvalue weighted by Crippen LogP contribution is -2.37. The van der Waals surface area contributed by atoms with Crippen molar-refractivity contribution in [1.29, 1.82) is 0 Å². The van der Waals surface area contributed by atoms with E-state index >= 15 is 0 Å². The largest absolute Gasteiger partial charge is 0.465 e. The Labute approximate surface area is 199 Å². The Morgan fingerprint density at radius 1 is 1.00 bits per heavy atom. The number of amides is 1. The lowest BCUT2D eigenvalue weighted by Gasteiger charge is -2.23. The second-order valence-corrected chi connectivity index (χ2v) is 9.19. The number of rotatable bonds is 6. The second-order valence-electron chi connectivity index (χ2n) is 7.40. The Morgan fingerprint density at radius 2 is 1.71 bits per heavy atom. The van der Waals surface area contributed by atoms with Crippen LogP contribution in [0.4, 0.5) is 11.4 Å². The molecule has 0 saturated carbocycles. The van der Waals surface area contributed by atoms with Gasteiger partial charge in [-0.1, -0.05) is 24.3 Å². The molecule has 1 heterocycles. The van der Waals surface area contributed by atoms with E-state index in [0.29, 0.717) is 4.31 Å². The van der Waals surface area contributed by atoms with Gasteiger partial charge in [0.2, 0.25) is 0 Å². The number of non-ortho nitro benzene ring substituents is 1. The molecule has 0 atom stereocenters. The van der Waals surface area contributed by atoms with Crippen LogP contribution in [0.5, 0.6) is 0 Å². The highest BCUT2D eigenvalue weighted by atomic mass is 32.2. The maximum atomic E-state index is 13.7. The number of anilines is 1. The van der Waals surface area contributed by atoms with Crippen LogP contribution in [0.25, 0.3) is 11.0 Å². The maximum Gasteiger partial charge on any atom is 0.342 e. The highest BCUT2D eigenvalue weighted by Gasteiger charge is 2.33. The van der Waals surface area contributed by atoms with Crippen LogP contribution in [0.3, 0.4) is 0 Å². The molecule has 35 heavy (non-hydrogen) atoms. The molecular weight excluding hydrogens is 476 g/mol. The molecule has 0 aliphatic heterocycles. The molecule has 1 aromatic heterocycles. The van der Waals surface area contributed by atoms with Crippen LogP contribution in [-0.4, -0.2) is 32.3 Å². The summed E-state index contributed by atoms with van der Waals surface area (Å²) in [6.07, 6.45) is 0. The van der Waals surface area contributed by atoms with Crippen LogP contribution in [0.1, 0.15) is 26.5 Å². The average molecular weight is 494 g/mol. The predicted octanol–water partition coefficient (Wildman–Crippen LogP) is 4.47. The van der Waals surface area contributed by atoms with Gasteiger partial charge in [-0.2, -0.15) is 4.31 Å². The monoisotopic (exact) mass is 494 g/mol. The van der Waals surface area contributed by atoms with Crippen molar-refractivity contribution < 1.29 is 32.1 Å². The van der Waals surface area contributed by atoms with Crippen LogP contribution < -0.4 is 4.31 Å². The summed E-state index contributed by atoms with van der Waals surface area (Å²) < 4.78 is 38.4. The van der Waals surface area contributed by atoms with Gasteiger partial charge in [-0.25, -0.2) is 13.2 Å². The molecule has 0 spiro atoms. The summed E-state index contributed by atoms with van der Waals surface area (Å²) in [5.41, 5.74) is -0.107. The summed E-state index contributed by atoms with van der Waals surface area (Å²) in [5, 5.41) is 11.5. The van der Waals surface area contributed by atoms with Crippen LogP contribution in [0.2, 0.25) is 0 Å². The summed E-state index contributed by atoms with van der Waals surface area (Å²) in [6.45, 7) is 1.55. The van der Waals surface area contributed by atoms with Gasteiger partial charge in [0.25, 0.3) is 21.6 Å². The molecule has 4 rings (SSSR count). The first kappa shape index (κ1) is 23.6. The number of nitro benzene ring substituents is 1. The number of carbonyl (C=O) groups is 2. The first-order valence-corrected chi connectivity index (χ1v) is 11.6. The normalized spacial score (nSPS) is 11.3. The SMILES string of the molecule is COC(=O)c1c(C)oc2ccc(N(C(=O)c3ccccc3)S(=O)(=O)c3cccc([N+](=O)[O-])c3)cc12. The summed E-state index contributed by atoms with van der Waals surface area (Å²) in [4.78, 5) is 35.9. The molecule has 0 unspecified atom stereocenters. The Kier molecular flexibility index (Phi) is 6.10. The minimum Gasteiger partial charge on any atom is -0.465 e. The van der Waals surface area contributed by atoms with Gasteiger partial charge in [-0.3, -0.25) is 14.9 Å². The molecule has 11 heteroatoms. The molecule has 0 saturated heterocycles. The molecule has 4 aromatic rings. The third-order valence-electron chi connectivity index (χ3n) is 5.24. The highest BCUT2D eigenvalue weighted by Crippen LogP contribution is 2.33. The summed E-state index contributed by atoms with van der Waals surface area (Å²) in [6, 6.07) is 16.2. The van der Waals surface area contributed by atoms with E-state index in [-0.39, 0.29) is 33.5 Å². The molecule has 0 bridgehead atoms. The van der Waals surface area contributed by atoms with Crippen molar-refractivity contribution in [3.63, 3.8) is 0 Å². The molecule has 1 amide bonds. The van der Waals surface area contributed by atoms with Crippen molar-refractivity contribution in [2.75, 3.05) is 11.4 Å². The van der Waals surface area contributed by atoms with Gasteiger partial charge in [0.05, 0.1) is 22.6 Å². The smallest absolute Gasteiger partial charge is 0.342 e. The maximum absolute atomic E-state index is 13.7. The fourth-order valence-electron chi connectivity index (χ4n) is 3.62. The molecule has 0 aliphatic carbocycles. The highest BCUT2D eigenvalue weighted by molar-refractivity contribution is 7.93. The number of furan rings is 1. The van der Waals surface area contributed by atoms with Crippen LogP contribution in [0, 0.1) is 17.0 Å². The van der Waals surface area contributed by atoms with Gasteiger partial charge >= 0.3 is 5.97 Å². The third-order valence-corrected chi connectivity index (χ3v) is 6.95. The van der Waals surface area contributed by atoms with Crippen LogP contribution in [0.15, 0.2) is 82.1 Å². The molecular formula is C24H18N2O8S. The Morgan fingerprint density at radius 3 is 2.37 bits per heavy atom. The number of carbonyl (C=O) groups excluding carboxylic acids is 2. The van der Waals surface area contributed by atoms with E-state index < -0.39 is 37.4 Å². The van der Waals surface area contributed by atoms with E-state index in [1.165, 1.54) is 43.5 Å². The van der Waals surface area contributed by atoms with Gasteiger partial charge in [0, 0.05) is 23.1 Å². The molecule has 10 nitrogen and oxygen atoms in total. The number of hydrogen-bond donors (Lipinski definition) is 0. The zero-order valence-electron chi connectivity index (χ0n) is 18.5. The quantitative estimate of drug-likeness (QED) is 0.217. The number of fused-ring (bicyclic) bond motifs is 1. The van der Waals surface area contributed by atoms with E-state index in [1.807, 2.05) is 0 Å². The standard InChI is InChI=1S/C24H18N2O8S/c1-15-22(24(28)33-2)20-14-17(11-12-21(20)34-15)25(23(27)16-7-4-3-5-8-16)35(31,32)19-10-6-9-18(13-19)26(29)30/h3-14H,1-2H3. The van der Waals surface area contributed by atoms with Crippen molar-refractivity contribution in [2.45, 2.75) is 11.8 Å². The molecule has 0 radical (unpaired) electrons.